The van der Waals surface area contributed by atoms with Gasteiger partial charge in [-0.25, -0.2) is 0 Å². The number of hydrogen-bond acceptors (Lipinski definition) is 1. The maximum absolute atomic E-state index is 6.06. The van der Waals surface area contributed by atoms with Gasteiger partial charge in [0.2, 0.25) is 0 Å². The molecule has 0 aliphatic heterocycles. The second kappa shape index (κ2) is 5.11. The molecular formula is C10H11Cl4N. The molecule has 0 saturated heterocycles. The highest BCUT2D eigenvalue weighted by atomic mass is 35.5. The van der Waals surface area contributed by atoms with E-state index >= 15 is 0 Å². The summed E-state index contributed by atoms with van der Waals surface area (Å²) in [5.74, 6) is 0.544. The van der Waals surface area contributed by atoms with E-state index in [9.17, 15) is 0 Å². The summed E-state index contributed by atoms with van der Waals surface area (Å²) in [6.45, 7) is 0. The lowest BCUT2D eigenvalue weighted by atomic mass is 10.0. The molecule has 2 rings (SSSR count). The molecule has 0 radical (unpaired) electrons. The molecule has 15 heavy (non-hydrogen) atoms. The number of halogens is 4. The van der Waals surface area contributed by atoms with Crippen LogP contribution < -0.4 is 5.73 Å². The summed E-state index contributed by atoms with van der Waals surface area (Å²) in [4.78, 5) is 0. The monoisotopic (exact) mass is 285 g/mol. The van der Waals surface area contributed by atoms with Gasteiger partial charge in [0.1, 0.15) is 0 Å². The second-order valence-corrected chi connectivity index (χ2v) is 4.88. The normalized spacial score (nSPS) is 17.1. The van der Waals surface area contributed by atoms with Gasteiger partial charge in [0, 0.05) is 11.1 Å². The first-order chi connectivity index (χ1) is 6.59. The Hall–Kier alpha value is 0.340. The van der Waals surface area contributed by atoms with Gasteiger partial charge in [-0.1, -0.05) is 34.8 Å². The molecule has 5 heteroatoms. The van der Waals surface area contributed by atoms with Gasteiger partial charge in [0.15, 0.2) is 0 Å². The van der Waals surface area contributed by atoms with Crippen molar-refractivity contribution in [1.82, 2.24) is 0 Å². The number of nitrogens with two attached hydrogens (primary N) is 1. The van der Waals surface area contributed by atoms with Crippen molar-refractivity contribution in [2.24, 2.45) is 11.7 Å². The molecular weight excluding hydrogens is 276 g/mol. The Morgan fingerprint density at radius 2 is 1.80 bits per heavy atom. The van der Waals surface area contributed by atoms with Crippen LogP contribution in [0.3, 0.4) is 0 Å². The summed E-state index contributed by atoms with van der Waals surface area (Å²) in [7, 11) is 0. The smallest absolute Gasteiger partial charge is 0.0641 e. The zero-order valence-electron chi connectivity index (χ0n) is 7.84. The second-order valence-electron chi connectivity index (χ2n) is 3.65. The largest absolute Gasteiger partial charge is 0.324 e. The minimum atomic E-state index is -0.0290. The molecule has 1 aliphatic rings. The van der Waals surface area contributed by atoms with Gasteiger partial charge < -0.3 is 5.73 Å². The van der Waals surface area contributed by atoms with E-state index in [4.69, 9.17) is 40.5 Å². The fraction of sp³-hybridized carbons (Fsp3) is 0.400. The van der Waals surface area contributed by atoms with Crippen molar-refractivity contribution < 1.29 is 0 Å². The summed E-state index contributed by atoms with van der Waals surface area (Å²) >= 11 is 17.9. The van der Waals surface area contributed by atoms with Gasteiger partial charge in [-0.15, -0.1) is 12.4 Å². The zero-order valence-corrected chi connectivity index (χ0v) is 10.9. The van der Waals surface area contributed by atoms with Gasteiger partial charge in [-0.3, -0.25) is 0 Å². The first-order valence-electron chi connectivity index (χ1n) is 4.49. The lowest BCUT2D eigenvalue weighted by Crippen LogP contribution is -2.13. The van der Waals surface area contributed by atoms with E-state index < -0.39 is 0 Å². The summed E-state index contributed by atoms with van der Waals surface area (Å²) in [6, 6.07) is 3.41. The molecule has 1 nitrogen and oxygen atoms in total. The van der Waals surface area contributed by atoms with Gasteiger partial charge in [0.05, 0.1) is 10.0 Å². The highest BCUT2D eigenvalue weighted by Crippen LogP contribution is 2.43. The van der Waals surface area contributed by atoms with E-state index in [-0.39, 0.29) is 18.4 Å². The summed E-state index contributed by atoms with van der Waals surface area (Å²) in [5.41, 5.74) is 6.90. The zero-order chi connectivity index (χ0) is 10.3. The Labute approximate surface area is 110 Å². The van der Waals surface area contributed by atoms with Crippen molar-refractivity contribution in [1.29, 1.82) is 0 Å². The molecule has 1 saturated carbocycles. The van der Waals surface area contributed by atoms with E-state index in [1.165, 1.54) is 12.8 Å². The minimum Gasteiger partial charge on any atom is -0.324 e. The molecule has 1 aromatic carbocycles. The molecule has 0 heterocycles. The first-order valence-corrected chi connectivity index (χ1v) is 5.63. The lowest BCUT2D eigenvalue weighted by molar-refractivity contribution is 0.634. The summed E-state index contributed by atoms with van der Waals surface area (Å²) < 4.78 is 0. The first kappa shape index (κ1) is 13.4. The minimum absolute atomic E-state index is 0. The maximum Gasteiger partial charge on any atom is 0.0641 e. The van der Waals surface area contributed by atoms with Crippen molar-refractivity contribution >= 4 is 47.2 Å². The molecule has 0 amide bonds. The standard InChI is InChI=1S/C10H10Cl3N.ClH/c11-6-3-7(9(13)8(12)4-6)10(14)5-1-2-5;/h3-5,10H,1-2,14H2;1H/t10-;/m1./s1. The van der Waals surface area contributed by atoms with Gasteiger partial charge in [0.25, 0.3) is 0 Å². The predicted octanol–water partition coefficient (Wildman–Crippen LogP) is 4.48. The number of rotatable bonds is 2. The van der Waals surface area contributed by atoms with E-state index in [0.717, 1.165) is 5.56 Å². The van der Waals surface area contributed by atoms with Crippen LogP contribution in [-0.2, 0) is 0 Å². The molecule has 1 fully saturated rings. The summed E-state index contributed by atoms with van der Waals surface area (Å²) in [6.07, 6.45) is 2.34. The van der Waals surface area contributed by atoms with Crippen molar-refractivity contribution in [2.45, 2.75) is 18.9 Å². The van der Waals surface area contributed by atoms with Crippen LogP contribution in [0.1, 0.15) is 24.4 Å². The van der Waals surface area contributed by atoms with Crippen molar-refractivity contribution in [3.63, 3.8) is 0 Å². The maximum atomic E-state index is 6.06. The predicted molar refractivity (Wildman–Crippen MR) is 68.4 cm³/mol. The van der Waals surface area contributed by atoms with Crippen LogP contribution in [0.4, 0.5) is 0 Å². The Bertz CT molecular complexity index is 363. The van der Waals surface area contributed by atoms with Gasteiger partial charge in [-0.2, -0.15) is 0 Å². The average molecular weight is 287 g/mol. The lowest BCUT2D eigenvalue weighted by Gasteiger charge is -2.13. The highest BCUT2D eigenvalue weighted by molar-refractivity contribution is 6.43. The third kappa shape index (κ3) is 2.92. The highest BCUT2D eigenvalue weighted by Gasteiger charge is 2.31. The third-order valence-corrected chi connectivity index (χ3v) is 3.54. The number of benzene rings is 1. The fourth-order valence-corrected chi connectivity index (χ4v) is 2.27. The Balaban J connectivity index is 0.00000112. The van der Waals surface area contributed by atoms with Gasteiger partial charge >= 0.3 is 0 Å². The van der Waals surface area contributed by atoms with Crippen LogP contribution in [0.25, 0.3) is 0 Å². The van der Waals surface area contributed by atoms with Crippen LogP contribution in [0, 0.1) is 5.92 Å². The average Bonchev–Trinajstić information content (AvgIpc) is 2.93. The third-order valence-electron chi connectivity index (χ3n) is 2.51. The molecule has 0 unspecified atom stereocenters. The van der Waals surface area contributed by atoms with Crippen molar-refractivity contribution in [3.05, 3.63) is 32.8 Å². The van der Waals surface area contributed by atoms with Crippen molar-refractivity contribution in [3.8, 4) is 0 Å². The Morgan fingerprint density at radius 1 is 1.20 bits per heavy atom. The van der Waals surface area contributed by atoms with Crippen LogP contribution in [0.15, 0.2) is 12.1 Å². The SMILES string of the molecule is Cl.N[C@@H](c1cc(Cl)cc(Cl)c1Cl)C1CC1. The Kier molecular flexibility index (Phi) is 4.57. The molecule has 2 N–H and O–H groups in total. The molecule has 0 bridgehead atoms. The van der Waals surface area contributed by atoms with E-state index in [2.05, 4.69) is 0 Å². The molecule has 1 atom stereocenters. The fourth-order valence-electron chi connectivity index (χ4n) is 1.53. The molecule has 1 aromatic rings. The van der Waals surface area contributed by atoms with Crippen LogP contribution in [0.2, 0.25) is 15.1 Å². The summed E-state index contributed by atoms with van der Waals surface area (Å²) in [5, 5.41) is 1.60. The molecule has 84 valence electrons. The van der Waals surface area contributed by atoms with Gasteiger partial charge in [-0.05, 0) is 36.5 Å². The van der Waals surface area contributed by atoms with E-state index in [1.54, 1.807) is 12.1 Å². The van der Waals surface area contributed by atoms with Crippen LogP contribution in [0.5, 0.6) is 0 Å². The van der Waals surface area contributed by atoms with Crippen LogP contribution in [-0.4, -0.2) is 0 Å². The van der Waals surface area contributed by atoms with E-state index in [1.807, 2.05) is 0 Å². The van der Waals surface area contributed by atoms with Crippen molar-refractivity contribution in [2.75, 3.05) is 0 Å². The molecule has 0 aromatic heterocycles. The topological polar surface area (TPSA) is 26.0 Å². The van der Waals surface area contributed by atoms with Crippen LogP contribution >= 0.6 is 47.2 Å². The van der Waals surface area contributed by atoms with E-state index in [0.29, 0.717) is 21.0 Å². The number of hydrogen-bond donors (Lipinski definition) is 1. The molecule has 0 spiro atoms. The Morgan fingerprint density at radius 3 is 2.33 bits per heavy atom. The quantitative estimate of drug-likeness (QED) is 0.797. The molecule has 1 aliphatic carbocycles.